The Balaban J connectivity index is 1.52. The summed E-state index contributed by atoms with van der Waals surface area (Å²) in [6.45, 7) is 15.4. The number of rotatable bonds is 45. The number of H-pyrrole nitrogens is 1. The molecule has 1 aromatic heterocycles. The number of aromatic amines is 1. The first-order chi connectivity index (χ1) is 58.4. The summed E-state index contributed by atoms with van der Waals surface area (Å²) in [6.07, 6.45) is -5.09. The van der Waals surface area contributed by atoms with Crippen LogP contribution >= 0.6 is 21.6 Å². The third kappa shape index (κ3) is 32.1. The SMILES string of the molecule is CC(=O)CCNC(=O)[C@H](CC(N)=O)CC(=O)[C@H](CCCCNC(C)=O)NC(=O)[C@](C)(CCCCN)CC(=O)[C@H](Cc1ccc2ccccc2c1)NC(=O)[C@@H](CC(=O)[C@H]1NC(=O)[C@H](CCC(N)=O)CC(=O)[C@H](Cc2c[nH]c3c(C)cccc23)NC(=O)[C@H]([C@@H](C)O)NC(=O)[C@H](CC(N)=O)NC(=O)[C@@H](CC(C)=O)C(C)(C)SSC1(C)C)Cc1ccc(OCCN)cc1. The molecule has 12 atom stereocenters. The van der Waals surface area contributed by atoms with Crippen LogP contribution in [0.4, 0.5) is 0 Å². The molecule has 0 unspecified atom stereocenters. The van der Waals surface area contributed by atoms with Crippen molar-refractivity contribution in [3.8, 4) is 5.75 Å². The molecule has 1 aliphatic rings. The fourth-order valence-electron chi connectivity index (χ4n) is 15.0. The molecule has 0 radical (unpaired) electrons. The van der Waals surface area contributed by atoms with Crippen LogP contribution in [0.15, 0.2) is 91.1 Å². The molecular weight excluding hydrogens is 1630 g/mol. The van der Waals surface area contributed by atoms with E-state index in [1.54, 1.807) is 76.4 Å². The van der Waals surface area contributed by atoms with Crippen LogP contribution < -0.4 is 75.9 Å². The van der Waals surface area contributed by atoms with E-state index in [4.69, 9.17) is 33.4 Å². The number of ketones is 6. The number of carbonyl (C=O) groups excluding carboxylic acids is 17. The van der Waals surface area contributed by atoms with Gasteiger partial charge in [0.1, 0.15) is 42.0 Å². The third-order valence-electron chi connectivity index (χ3n) is 22.1. The molecule has 33 nitrogen and oxygen atoms in total. The second kappa shape index (κ2) is 48.5. The lowest BCUT2D eigenvalue weighted by Crippen LogP contribution is -2.60. The van der Waals surface area contributed by atoms with Gasteiger partial charge in [-0.2, -0.15) is 0 Å². The molecular formula is C89H124N14O19S2. The highest BCUT2D eigenvalue weighted by Gasteiger charge is 2.47. The van der Waals surface area contributed by atoms with Gasteiger partial charge in [0.25, 0.3) is 0 Å². The average Bonchev–Trinajstić information content (AvgIpc) is 1.20. The minimum atomic E-state index is -1.89. The number of primary amides is 3. The van der Waals surface area contributed by atoms with Crippen LogP contribution in [0.2, 0.25) is 0 Å². The highest BCUT2D eigenvalue weighted by molar-refractivity contribution is 8.77. The molecule has 4 aromatic carbocycles. The molecule has 5 aromatic rings. The van der Waals surface area contributed by atoms with Crippen molar-refractivity contribution in [1.82, 2.24) is 47.5 Å². The summed E-state index contributed by atoms with van der Waals surface area (Å²) in [5.74, 6) is -18.7. The van der Waals surface area contributed by atoms with Gasteiger partial charge in [0.05, 0.1) is 47.9 Å². The van der Waals surface area contributed by atoms with Crippen molar-refractivity contribution in [2.24, 2.45) is 57.8 Å². The van der Waals surface area contributed by atoms with E-state index in [9.17, 15) is 57.8 Å². The first kappa shape index (κ1) is 102. The molecule has 1 saturated heterocycles. The Morgan fingerprint density at radius 2 is 1.30 bits per heavy atom. The number of Topliss-reactive ketones (excluding diaryl/α,β-unsaturated/α-hetero) is 6. The number of unbranched alkanes of at least 4 members (excludes halogenated alkanes) is 2. The molecule has 11 amide bonds. The summed E-state index contributed by atoms with van der Waals surface area (Å²) < 4.78 is 2.82. The number of aryl methyl sites for hydroxylation is 1. The fraction of sp³-hybridized carbons (Fsp3) is 0.539. The normalized spacial score (nSPS) is 19.5. The smallest absolute Gasteiger partial charge is 0.245 e. The minimum absolute atomic E-state index is 0.00619. The summed E-state index contributed by atoms with van der Waals surface area (Å²) in [5.41, 5.74) is 30.2. The number of benzene rings is 4. The number of fused-ring (bicyclic) bond motifs is 2. The summed E-state index contributed by atoms with van der Waals surface area (Å²) in [5, 5.41) is 35.2. The van der Waals surface area contributed by atoms with Crippen LogP contribution in [0.1, 0.15) is 187 Å². The Morgan fingerprint density at radius 3 is 1.94 bits per heavy atom. The van der Waals surface area contributed by atoms with Crippen LogP contribution in [0.25, 0.3) is 21.7 Å². The van der Waals surface area contributed by atoms with E-state index in [1.165, 1.54) is 27.7 Å². The highest BCUT2D eigenvalue weighted by atomic mass is 33.1. The number of ether oxygens (including phenoxy) is 1. The van der Waals surface area contributed by atoms with Crippen molar-refractivity contribution in [2.45, 2.75) is 243 Å². The number of hydrogen-bond donors (Lipinski definition) is 15. The Hall–Kier alpha value is -10.8. The topological polar surface area (TPSA) is 562 Å². The number of carbonyl (C=O) groups is 17. The number of para-hydroxylation sites is 1. The van der Waals surface area contributed by atoms with Crippen LogP contribution in [-0.4, -0.2) is 194 Å². The van der Waals surface area contributed by atoms with Crippen molar-refractivity contribution >= 4 is 143 Å². The van der Waals surface area contributed by atoms with E-state index in [1.807, 2.05) is 49.4 Å². The Labute approximate surface area is 730 Å². The minimum Gasteiger partial charge on any atom is -0.492 e. The summed E-state index contributed by atoms with van der Waals surface area (Å²) in [7, 11) is 1.97. The summed E-state index contributed by atoms with van der Waals surface area (Å²) in [6, 6.07) is 14.9. The second-order valence-electron chi connectivity index (χ2n) is 33.7. The average molecular weight is 1760 g/mol. The summed E-state index contributed by atoms with van der Waals surface area (Å²) >= 11 is 0. The molecule has 0 saturated carbocycles. The van der Waals surface area contributed by atoms with E-state index >= 15 is 28.8 Å². The molecule has 1 fully saturated rings. The van der Waals surface area contributed by atoms with Crippen molar-refractivity contribution in [1.29, 1.82) is 0 Å². The third-order valence-corrected chi connectivity index (χ3v) is 26.4. The number of nitrogens with two attached hydrogens (primary N) is 5. The predicted molar refractivity (Wildman–Crippen MR) is 471 cm³/mol. The van der Waals surface area contributed by atoms with Crippen LogP contribution in [0.3, 0.4) is 0 Å². The van der Waals surface area contributed by atoms with Crippen LogP contribution in [-0.2, 0) is 101 Å². The van der Waals surface area contributed by atoms with E-state index in [0.29, 0.717) is 46.2 Å². The second-order valence-corrected chi connectivity index (χ2v) is 37.2. The zero-order valence-electron chi connectivity index (χ0n) is 72.5. The van der Waals surface area contributed by atoms with Crippen molar-refractivity contribution in [3.05, 3.63) is 113 Å². The fourth-order valence-corrected chi connectivity index (χ4v) is 17.9. The van der Waals surface area contributed by atoms with E-state index in [0.717, 1.165) is 44.8 Å². The van der Waals surface area contributed by atoms with E-state index < -0.39 is 227 Å². The highest BCUT2D eigenvalue weighted by Crippen LogP contribution is 2.50. The lowest BCUT2D eigenvalue weighted by atomic mass is 9.77. The van der Waals surface area contributed by atoms with E-state index in [2.05, 4.69) is 47.5 Å². The molecule has 2 heterocycles. The zero-order valence-corrected chi connectivity index (χ0v) is 74.1. The number of aliphatic hydroxyl groups is 1. The van der Waals surface area contributed by atoms with Gasteiger partial charge in [-0.05, 0) is 158 Å². The van der Waals surface area contributed by atoms with Gasteiger partial charge in [-0.1, -0.05) is 108 Å². The van der Waals surface area contributed by atoms with Gasteiger partial charge in [0.15, 0.2) is 23.1 Å². The number of hydrogen-bond acceptors (Lipinski definition) is 23. The maximum Gasteiger partial charge on any atom is 0.245 e. The van der Waals surface area contributed by atoms with Gasteiger partial charge in [-0.25, -0.2) is 0 Å². The van der Waals surface area contributed by atoms with E-state index in [-0.39, 0.29) is 95.8 Å². The van der Waals surface area contributed by atoms with Gasteiger partial charge < -0.3 is 90.8 Å². The van der Waals surface area contributed by atoms with Gasteiger partial charge >= 0.3 is 0 Å². The first-order valence-corrected chi connectivity index (χ1v) is 44.1. The number of nitrogens with one attached hydrogen (secondary N) is 9. The maximum absolute atomic E-state index is 16.4. The van der Waals surface area contributed by atoms with Crippen molar-refractivity contribution in [3.63, 3.8) is 0 Å². The zero-order chi connectivity index (χ0) is 91.9. The maximum atomic E-state index is 16.4. The van der Waals surface area contributed by atoms with Gasteiger partial charge in [0.2, 0.25) is 65.0 Å². The Morgan fingerprint density at radius 1 is 0.621 bits per heavy atom. The molecule has 20 N–H and O–H groups in total. The van der Waals surface area contributed by atoms with Gasteiger partial charge in [0, 0.05) is 123 Å². The Bertz CT molecular complexity index is 4670. The molecule has 0 bridgehead atoms. The van der Waals surface area contributed by atoms with Crippen LogP contribution in [0.5, 0.6) is 5.75 Å². The van der Waals surface area contributed by atoms with Gasteiger partial charge in [-0.3, -0.25) is 76.7 Å². The molecule has 0 spiro atoms. The summed E-state index contributed by atoms with van der Waals surface area (Å²) in [4.78, 5) is 246. The molecule has 676 valence electrons. The quantitative estimate of drug-likeness (QED) is 0.0193. The molecule has 35 heteroatoms. The molecule has 0 aliphatic carbocycles. The van der Waals surface area contributed by atoms with Crippen molar-refractivity contribution < 1.29 is 91.4 Å². The molecule has 1 aliphatic heterocycles. The Kier molecular flexibility index (Phi) is 39.9. The monoisotopic (exact) mass is 1760 g/mol. The number of aromatic nitrogens is 1. The first-order valence-electron chi connectivity index (χ1n) is 41.9. The standard InChI is InChI=1S/C89H124N14O19S2/c1-50-18-17-21-64-62(49-97-77(50)64)42-68-71(109)43-59(27-30-74(92)112)81(116)103-79(88(8,9)124-123-87(6,7)65(38-52(3)105)83(118)100-69(47-76(94)114)84(119)102-78(53(4)106)85(120)99-68)72(110)45-60(39-55-24-28-63(29-25-55)122-37-34-91)82(117)98-67(41-56-23-26-57-19-11-12-20-58(57)40-56)73(111)48-89(10,32-14-15-33-90)86(121)101-66(22-13-16-35-95-54(5)107)70(108)44-61(46-75(93)113)80(115)96-36-31-51(2)104/h11-12,17-21,23-26,28-29,40,49,53,59-61,65-69,78-79,97,106H,13-16,22,27,30-39,41-48,90-91H2,1-10H3,(H2,92,112)(H2,93,113)(H2,94,114)(H,95,107)(H,96,115)(H,98,117)(H,99,120)(H,100,118)(H,101,121)(H,102,119)(H,103,116)/t53-,59-,60-,61+,65-,66+,67+,68+,69+,78+,79-,89-/m1/s1. The van der Waals surface area contributed by atoms with Gasteiger partial charge in [-0.15, -0.1) is 0 Å². The molecule has 6 rings (SSSR count). The number of aliphatic hydroxyl groups excluding tert-OH is 1. The lowest BCUT2D eigenvalue weighted by molar-refractivity contribution is -0.139. The molecule has 124 heavy (non-hydrogen) atoms. The number of amides is 11. The predicted octanol–water partition coefficient (Wildman–Crippen LogP) is 4.07. The van der Waals surface area contributed by atoms with Crippen LogP contribution in [0, 0.1) is 36.0 Å². The lowest BCUT2D eigenvalue weighted by Gasteiger charge is -2.39. The van der Waals surface area contributed by atoms with Crippen molar-refractivity contribution in [2.75, 3.05) is 32.8 Å². The largest absolute Gasteiger partial charge is 0.492 e.